The molecule has 1 atom stereocenters. The molecule has 10 heteroatoms. The van der Waals surface area contributed by atoms with Crippen LogP contribution in [0.3, 0.4) is 0 Å². The van der Waals surface area contributed by atoms with E-state index < -0.39 is 33.7 Å². The van der Waals surface area contributed by atoms with E-state index in [0.29, 0.717) is 37.4 Å². The topological polar surface area (TPSA) is 78.4 Å². The normalized spacial score (nSPS) is 23.3. The predicted molar refractivity (Wildman–Crippen MR) is 121 cm³/mol. The molecule has 1 aliphatic carbocycles. The highest BCUT2D eigenvalue weighted by Gasteiger charge is 2.49. The van der Waals surface area contributed by atoms with Gasteiger partial charge in [0.1, 0.15) is 16.4 Å². The van der Waals surface area contributed by atoms with Gasteiger partial charge in [-0.05, 0) is 49.0 Å². The highest BCUT2D eigenvalue weighted by molar-refractivity contribution is 7.85. The van der Waals surface area contributed by atoms with Crippen LogP contribution in [0.1, 0.15) is 36.9 Å². The molecule has 1 fully saturated rings. The van der Waals surface area contributed by atoms with Crippen molar-refractivity contribution in [3.05, 3.63) is 46.6 Å². The third-order valence-corrected chi connectivity index (χ3v) is 8.16. The minimum Gasteiger partial charge on any atom is -0.394 e. The van der Waals surface area contributed by atoms with Gasteiger partial charge in [0.25, 0.3) is 0 Å². The first-order chi connectivity index (χ1) is 15.3. The summed E-state index contributed by atoms with van der Waals surface area (Å²) in [6, 6.07) is 7.59. The molecule has 170 valence electrons. The molecule has 2 aliphatic heterocycles. The first-order valence-corrected chi connectivity index (χ1v) is 12.3. The molecule has 2 N–H and O–H groups in total. The minimum atomic E-state index is -3.28. The van der Waals surface area contributed by atoms with E-state index in [9.17, 15) is 18.1 Å². The zero-order valence-corrected chi connectivity index (χ0v) is 18.9. The Morgan fingerprint density at radius 3 is 2.56 bits per heavy atom. The Balaban J connectivity index is 1.48. The van der Waals surface area contributed by atoms with Crippen molar-refractivity contribution in [2.24, 2.45) is 0 Å². The molecule has 1 aromatic carbocycles. The van der Waals surface area contributed by atoms with Crippen LogP contribution < -0.4 is 10.2 Å². The summed E-state index contributed by atoms with van der Waals surface area (Å²) in [5.74, 6) is -3.73. The number of hydrogen-bond donors (Lipinski definition) is 2. The van der Waals surface area contributed by atoms with Crippen molar-refractivity contribution in [2.45, 2.75) is 42.0 Å². The number of benzene rings is 1. The van der Waals surface area contributed by atoms with Crippen molar-refractivity contribution in [2.75, 3.05) is 35.7 Å². The van der Waals surface area contributed by atoms with E-state index in [1.807, 2.05) is 35.2 Å². The van der Waals surface area contributed by atoms with Gasteiger partial charge in [-0.25, -0.2) is 4.98 Å². The van der Waals surface area contributed by atoms with Crippen LogP contribution in [0, 0.1) is 0 Å². The van der Waals surface area contributed by atoms with Crippen LogP contribution in [0.15, 0.2) is 35.2 Å². The molecule has 32 heavy (non-hydrogen) atoms. The maximum atomic E-state index is 14.6. The molecule has 0 amide bonds. The third kappa shape index (κ3) is 3.80. The van der Waals surface area contributed by atoms with Gasteiger partial charge in [0.2, 0.25) is 5.95 Å². The largest absolute Gasteiger partial charge is 0.394 e. The SMILES string of the molecule is O=[S@@]1CC(F)(F)c2nc(N3CC=C(c4ccc(Cl)cc4)CC3)nc(NC3(CO)CCC3)c21. The van der Waals surface area contributed by atoms with Gasteiger partial charge >= 0.3 is 5.92 Å². The van der Waals surface area contributed by atoms with Crippen molar-refractivity contribution in [3.8, 4) is 0 Å². The summed E-state index contributed by atoms with van der Waals surface area (Å²) < 4.78 is 41.8. The maximum Gasteiger partial charge on any atom is 0.302 e. The number of aromatic nitrogens is 2. The lowest BCUT2D eigenvalue weighted by atomic mass is 9.77. The lowest BCUT2D eigenvalue weighted by Gasteiger charge is -2.41. The van der Waals surface area contributed by atoms with Gasteiger partial charge in [-0.1, -0.05) is 29.8 Å². The van der Waals surface area contributed by atoms with Crippen LogP contribution in [-0.4, -0.2) is 50.3 Å². The van der Waals surface area contributed by atoms with Crippen LogP contribution in [0.4, 0.5) is 20.5 Å². The van der Waals surface area contributed by atoms with Crippen molar-refractivity contribution in [1.29, 1.82) is 0 Å². The van der Waals surface area contributed by atoms with Gasteiger partial charge in [-0.3, -0.25) is 4.21 Å². The molecule has 0 saturated heterocycles. The molecule has 3 heterocycles. The van der Waals surface area contributed by atoms with Gasteiger partial charge in [-0.2, -0.15) is 13.8 Å². The van der Waals surface area contributed by atoms with Crippen LogP contribution in [0.2, 0.25) is 5.02 Å². The van der Waals surface area contributed by atoms with Crippen molar-refractivity contribution in [1.82, 2.24) is 9.97 Å². The number of nitrogens with zero attached hydrogens (tertiary/aromatic N) is 3. The van der Waals surface area contributed by atoms with Crippen molar-refractivity contribution < 1.29 is 18.1 Å². The Labute approximate surface area is 192 Å². The zero-order chi connectivity index (χ0) is 22.5. The number of fused-ring (bicyclic) bond motifs is 1. The summed E-state index contributed by atoms with van der Waals surface area (Å²) in [5, 5.41) is 13.6. The number of anilines is 2. The monoisotopic (exact) mass is 480 g/mol. The highest BCUT2D eigenvalue weighted by atomic mass is 35.5. The zero-order valence-electron chi connectivity index (χ0n) is 17.3. The number of aliphatic hydroxyl groups is 1. The number of nitrogens with one attached hydrogen (secondary N) is 1. The second-order valence-corrected chi connectivity index (χ2v) is 10.4. The number of hydrogen-bond acceptors (Lipinski definition) is 6. The molecular formula is C22H23ClF2N4O2S. The lowest BCUT2D eigenvalue weighted by molar-refractivity contribution is 0.0191. The summed E-state index contributed by atoms with van der Waals surface area (Å²) in [6.45, 7) is 0.892. The van der Waals surface area contributed by atoms with E-state index in [2.05, 4.69) is 15.3 Å². The molecule has 1 saturated carbocycles. The van der Waals surface area contributed by atoms with E-state index in [-0.39, 0.29) is 23.3 Å². The molecule has 0 radical (unpaired) electrons. The first-order valence-electron chi connectivity index (χ1n) is 10.6. The Bertz CT molecular complexity index is 1100. The van der Waals surface area contributed by atoms with Gasteiger partial charge in [0.05, 0.1) is 28.7 Å². The van der Waals surface area contributed by atoms with Gasteiger partial charge in [0.15, 0.2) is 0 Å². The van der Waals surface area contributed by atoms with E-state index in [1.54, 1.807) is 0 Å². The summed E-state index contributed by atoms with van der Waals surface area (Å²) in [6.07, 6.45) is 5.08. The fourth-order valence-electron chi connectivity index (χ4n) is 4.39. The second kappa shape index (κ2) is 8.04. The van der Waals surface area contributed by atoms with Crippen molar-refractivity contribution >= 4 is 39.7 Å². The van der Waals surface area contributed by atoms with Gasteiger partial charge < -0.3 is 15.3 Å². The smallest absolute Gasteiger partial charge is 0.302 e. The predicted octanol–water partition coefficient (Wildman–Crippen LogP) is 3.96. The molecule has 2 aromatic rings. The van der Waals surface area contributed by atoms with E-state index in [4.69, 9.17) is 11.6 Å². The first kappa shape index (κ1) is 21.7. The summed E-state index contributed by atoms with van der Waals surface area (Å²) >= 11 is 5.97. The Kier molecular flexibility index (Phi) is 5.46. The molecule has 5 rings (SSSR count). The summed E-state index contributed by atoms with van der Waals surface area (Å²) in [4.78, 5) is 10.5. The fourth-order valence-corrected chi connectivity index (χ4v) is 5.85. The summed E-state index contributed by atoms with van der Waals surface area (Å²) in [5.41, 5.74) is 1.15. The molecule has 0 unspecified atom stereocenters. The highest BCUT2D eigenvalue weighted by Crippen LogP contribution is 2.45. The molecule has 1 aromatic heterocycles. The van der Waals surface area contributed by atoms with Crippen LogP contribution in [-0.2, 0) is 16.7 Å². The molecule has 3 aliphatic rings. The average Bonchev–Trinajstić information content (AvgIpc) is 2.99. The summed E-state index contributed by atoms with van der Waals surface area (Å²) in [7, 11) is -1.90. The van der Waals surface area contributed by atoms with Crippen molar-refractivity contribution in [3.63, 3.8) is 0 Å². The van der Waals surface area contributed by atoms with E-state index in [1.165, 1.54) is 0 Å². The lowest BCUT2D eigenvalue weighted by Crippen LogP contribution is -2.48. The van der Waals surface area contributed by atoms with E-state index >= 15 is 0 Å². The fraction of sp³-hybridized carbons (Fsp3) is 0.455. The molecular weight excluding hydrogens is 458 g/mol. The quantitative estimate of drug-likeness (QED) is 0.674. The van der Waals surface area contributed by atoms with Crippen LogP contribution in [0.25, 0.3) is 5.57 Å². The minimum absolute atomic E-state index is 0.0344. The average molecular weight is 481 g/mol. The number of halogens is 3. The van der Waals surface area contributed by atoms with Crippen LogP contribution in [0.5, 0.6) is 0 Å². The second-order valence-electron chi connectivity index (χ2n) is 8.59. The van der Waals surface area contributed by atoms with Gasteiger partial charge in [0, 0.05) is 18.1 Å². The Morgan fingerprint density at radius 1 is 1.22 bits per heavy atom. The van der Waals surface area contributed by atoms with Crippen LogP contribution >= 0.6 is 11.6 Å². The molecule has 0 spiro atoms. The number of aliphatic hydroxyl groups excluding tert-OH is 1. The maximum absolute atomic E-state index is 14.6. The number of rotatable bonds is 5. The number of alkyl halides is 2. The Hall–Kier alpha value is -2.10. The van der Waals surface area contributed by atoms with E-state index in [0.717, 1.165) is 17.6 Å². The standard InChI is InChI=1S/C22H23ClF2N4O2S/c23-16-4-2-14(3-5-16)15-6-10-29(11-7-15)20-26-18-17(32(31)13-22(18,24)25)19(27-20)28-21(12-30)8-1-9-21/h2-6,30H,1,7-13H2,(H,26,27,28)/t32-/m1/s1. The van der Waals surface area contributed by atoms with Gasteiger partial charge in [-0.15, -0.1) is 0 Å². The Morgan fingerprint density at radius 2 is 1.97 bits per heavy atom. The third-order valence-electron chi connectivity index (χ3n) is 6.44. The molecule has 0 bridgehead atoms. The molecule has 6 nitrogen and oxygen atoms in total.